The van der Waals surface area contributed by atoms with Crippen LogP contribution in [0.15, 0.2) is 24.3 Å². The smallest absolute Gasteiger partial charge is 0.240 e. The quantitative estimate of drug-likeness (QED) is 0.351. The zero-order valence-electron chi connectivity index (χ0n) is 15.8. The summed E-state index contributed by atoms with van der Waals surface area (Å²) in [5.41, 5.74) is 2.99. The van der Waals surface area contributed by atoms with Crippen molar-refractivity contribution in [3.05, 3.63) is 24.3 Å². The average molecular weight is 406 g/mol. The fraction of sp³-hybridized carbons (Fsp3) is 0.526. The third-order valence-electron chi connectivity index (χ3n) is 4.82. The molecule has 0 bridgehead atoms. The number of unbranched alkanes of at least 4 members (excludes halogenated alkanes) is 2. The fourth-order valence-electron chi connectivity index (χ4n) is 3.37. The second-order valence-electron chi connectivity index (χ2n) is 6.91. The lowest BCUT2D eigenvalue weighted by Gasteiger charge is -2.34. The van der Waals surface area contributed by atoms with Crippen molar-refractivity contribution in [2.45, 2.75) is 31.7 Å². The lowest BCUT2D eigenvalue weighted by molar-refractivity contribution is -0.126. The number of carbonyl (C=O) groups excluding carboxylic acids is 2. The minimum atomic E-state index is -0.272. The van der Waals surface area contributed by atoms with Gasteiger partial charge in [-0.05, 0) is 25.0 Å². The van der Waals surface area contributed by atoms with Crippen LogP contribution in [0.1, 0.15) is 25.7 Å². The highest BCUT2D eigenvalue weighted by molar-refractivity contribution is 7.22. The van der Waals surface area contributed by atoms with Crippen LogP contribution >= 0.6 is 11.3 Å². The molecule has 8 nitrogen and oxygen atoms in total. The molecule has 2 aromatic rings. The van der Waals surface area contributed by atoms with E-state index in [1.165, 1.54) is 11.3 Å². The van der Waals surface area contributed by atoms with Crippen LogP contribution in [0.2, 0.25) is 0 Å². The van der Waals surface area contributed by atoms with Crippen LogP contribution in [0, 0.1) is 0 Å². The molecule has 1 aliphatic rings. The third kappa shape index (κ3) is 5.79. The molecule has 1 aromatic heterocycles. The molecule has 1 aromatic carbocycles. The van der Waals surface area contributed by atoms with Crippen molar-refractivity contribution in [2.24, 2.45) is 0 Å². The number of hydrogen-bond acceptors (Lipinski definition) is 8. The first-order valence-electron chi connectivity index (χ1n) is 9.67. The van der Waals surface area contributed by atoms with Crippen molar-refractivity contribution in [3.8, 4) is 0 Å². The molecule has 1 aliphatic heterocycles. The summed E-state index contributed by atoms with van der Waals surface area (Å²) in [5.74, 6) is 0.0183. The molecule has 1 amide bonds. The first kappa shape index (κ1) is 20.8. The first-order valence-corrected chi connectivity index (χ1v) is 10.5. The number of nitrogens with one attached hydrogen (secondary N) is 3. The molecule has 2 heterocycles. The Morgan fingerprint density at radius 3 is 2.96 bits per heavy atom. The van der Waals surface area contributed by atoms with Gasteiger partial charge in [0.2, 0.25) is 5.91 Å². The van der Waals surface area contributed by atoms with Gasteiger partial charge in [-0.1, -0.05) is 29.9 Å². The van der Waals surface area contributed by atoms with Gasteiger partial charge in [0, 0.05) is 32.6 Å². The number of para-hydroxylation sites is 1. The number of rotatable bonds is 10. The van der Waals surface area contributed by atoms with Gasteiger partial charge >= 0.3 is 0 Å². The van der Waals surface area contributed by atoms with Crippen LogP contribution in [-0.2, 0) is 9.59 Å². The van der Waals surface area contributed by atoms with Crippen LogP contribution in [0.3, 0.4) is 0 Å². The van der Waals surface area contributed by atoms with Gasteiger partial charge in [0.05, 0.1) is 22.8 Å². The highest BCUT2D eigenvalue weighted by Gasteiger charge is 2.29. The molecule has 4 N–H and O–H groups in total. The summed E-state index contributed by atoms with van der Waals surface area (Å²) < 4.78 is 1.03. The molecular weight excluding hydrogens is 378 g/mol. The molecule has 0 aliphatic carbocycles. The van der Waals surface area contributed by atoms with E-state index in [-0.39, 0.29) is 24.3 Å². The predicted octanol–water partition coefficient (Wildman–Crippen LogP) is 1.62. The number of benzene rings is 1. The SMILES string of the molecule is O=C(CN1CCNCC1C(=O)CCCCCNO)Nc1nc2ccccc2s1. The summed E-state index contributed by atoms with van der Waals surface area (Å²) in [6, 6.07) is 7.49. The maximum absolute atomic E-state index is 12.6. The van der Waals surface area contributed by atoms with E-state index in [4.69, 9.17) is 5.21 Å². The molecule has 1 unspecified atom stereocenters. The van der Waals surface area contributed by atoms with Gasteiger partial charge in [-0.3, -0.25) is 14.5 Å². The van der Waals surface area contributed by atoms with Gasteiger partial charge in [0.1, 0.15) is 0 Å². The number of anilines is 1. The zero-order chi connectivity index (χ0) is 19.8. The van der Waals surface area contributed by atoms with E-state index in [0.717, 1.165) is 36.0 Å². The van der Waals surface area contributed by atoms with E-state index in [0.29, 0.717) is 31.2 Å². The van der Waals surface area contributed by atoms with Gasteiger partial charge in [0.25, 0.3) is 0 Å². The van der Waals surface area contributed by atoms with E-state index in [1.807, 2.05) is 29.2 Å². The van der Waals surface area contributed by atoms with Crippen LogP contribution in [0.5, 0.6) is 0 Å². The molecule has 3 rings (SSSR count). The van der Waals surface area contributed by atoms with Crippen molar-refractivity contribution in [2.75, 3.05) is 38.0 Å². The highest BCUT2D eigenvalue weighted by Crippen LogP contribution is 2.25. The summed E-state index contributed by atoms with van der Waals surface area (Å²) in [5, 5.41) is 15.3. The number of hydroxylamine groups is 1. The minimum Gasteiger partial charge on any atom is -0.317 e. The summed E-state index contributed by atoms with van der Waals surface area (Å²) in [7, 11) is 0. The first-order chi connectivity index (χ1) is 13.7. The van der Waals surface area contributed by atoms with E-state index in [2.05, 4.69) is 21.1 Å². The van der Waals surface area contributed by atoms with E-state index < -0.39 is 0 Å². The largest absolute Gasteiger partial charge is 0.317 e. The second-order valence-corrected chi connectivity index (χ2v) is 7.94. The summed E-state index contributed by atoms with van der Waals surface area (Å²) in [6.07, 6.45) is 3.01. The number of piperazine rings is 1. The van der Waals surface area contributed by atoms with Crippen LogP contribution in [0.4, 0.5) is 5.13 Å². The van der Waals surface area contributed by atoms with Crippen LogP contribution < -0.4 is 16.1 Å². The minimum absolute atomic E-state index is 0.146. The lowest BCUT2D eigenvalue weighted by Crippen LogP contribution is -2.56. The molecule has 1 fully saturated rings. The molecular formula is C19H27N5O3S. The molecule has 0 radical (unpaired) electrons. The maximum atomic E-state index is 12.6. The Labute approximate surface area is 168 Å². The Bertz CT molecular complexity index is 764. The summed E-state index contributed by atoms with van der Waals surface area (Å²) in [6.45, 7) is 2.73. The van der Waals surface area contributed by atoms with Crippen LogP contribution in [0.25, 0.3) is 10.2 Å². The number of ketones is 1. The number of amides is 1. The number of carbonyl (C=O) groups is 2. The van der Waals surface area contributed by atoms with Crippen molar-refractivity contribution in [1.82, 2.24) is 20.7 Å². The number of hydrogen-bond donors (Lipinski definition) is 4. The van der Waals surface area contributed by atoms with Crippen molar-refractivity contribution in [1.29, 1.82) is 0 Å². The Balaban J connectivity index is 1.51. The van der Waals surface area contributed by atoms with Gasteiger partial charge in [0.15, 0.2) is 10.9 Å². The predicted molar refractivity (Wildman–Crippen MR) is 110 cm³/mol. The third-order valence-corrected chi connectivity index (χ3v) is 5.78. The maximum Gasteiger partial charge on any atom is 0.240 e. The van der Waals surface area contributed by atoms with Gasteiger partial charge in [-0.15, -0.1) is 0 Å². The zero-order valence-corrected chi connectivity index (χ0v) is 16.6. The molecule has 152 valence electrons. The number of fused-ring (bicyclic) bond motifs is 1. The Kier molecular flexibility index (Phi) is 7.87. The Morgan fingerprint density at radius 2 is 2.14 bits per heavy atom. The Morgan fingerprint density at radius 1 is 1.29 bits per heavy atom. The number of aromatic nitrogens is 1. The number of nitrogens with zero attached hydrogens (tertiary/aromatic N) is 2. The number of thiazole rings is 1. The lowest BCUT2D eigenvalue weighted by atomic mass is 10.0. The summed E-state index contributed by atoms with van der Waals surface area (Å²) >= 11 is 1.45. The van der Waals surface area contributed by atoms with Crippen molar-refractivity contribution >= 4 is 38.4 Å². The molecule has 0 saturated carbocycles. The molecule has 1 atom stereocenters. The highest BCUT2D eigenvalue weighted by atomic mass is 32.1. The average Bonchev–Trinajstić information content (AvgIpc) is 3.10. The molecule has 1 saturated heterocycles. The van der Waals surface area contributed by atoms with Crippen molar-refractivity contribution in [3.63, 3.8) is 0 Å². The van der Waals surface area contributed by atoms with Gasteiger partial charge in [-0.25, -0.2) is 10.5 Å². The molecule has 0 spiro atoms. The van der Waals surface area contributed by atoms with Gasteiger partial charge < -0.3 is 15.8 Å². The van der Waals surface area contributed by atoms with Crippen LogP contribution in [-0.4, -0.2) is 65.5 Å². The fourth-order valence-corrected chi connectivity index (χ4v) is 4.25. The van der Waals surface area contributed by atoms with Gasteiger partial charge in [-0.2, -0.15) is 0 Å². The van der Waals surface area contributed by atoms with Crippen molar-refractivity contribution < 1.29 is 14.8 Å². The standard InChI is InChI=1S/C19H27N5O3S/c25-16(7-2-1-5-9-21-27)15-12-20-10-11-24(15)13-18(26)23-19-22-14-6-3-4-8-17(14)28-19/h3-4,6,8,15,20-21,27H,1-2,5,7,9-13H2,(H,22,23,26). The molecule has 9 heteroatoms. The normalized spacial score (nSPS) is 17.7. The molecule has 28 heavy (non-hydrogen) atoms. The van der Waals surface area contributed by atoms with E-state index in [1.54, 1.807) is 0 Å². The second kappa shape index (κ2) is 10.6. The Hall–Kier alpha value is -1.91. The summed E-state index contributed by atoms with van der Waals surface area (Å²) in [4.78, 5) is 31.5. The van der Waals surface area contributed by atoms with E-state index >= 15 is 0 Å². The number of Topliss-reactive ketones (excluding diaryl/α,β-unsaturated/α-hetero) is 1. The van der Waals surface area contributed by atoms with E-state index in [9.17, 15) is 9.59 Å². The monoisotopic (exact) mass is 405 g/mol. The topological polar surface area (TPSA) is 107 Å².